The summed E-state index contributed by atoms with van der Waals surface area (Å²) in [5.74, 6) is -2.31. The fourth-order valence-electron chi connectivity index (χ4n) is 2.04. The van der Waals surface area contributed by atoms with E-state index < -0.39 is 30.5 Å². The molecule has 0 amide bonds. The molecule has 0 spiro atoms. The Balaban J connectivity index is 2.05. The summed E-state index contributed by atoms with van der Waals surface area (Å²) in [7, 11) is -1.43. The lowest BCUT2D eigenvalue weighted by atomic mass is 9.78. The molecular weight excluding hydrogens is 342 g/mol. The summed E-state index contributed by atoms with van der Waals surface area (Å²) in [5, 5.41) is 17.5. The highest BCUT2D eigenvalue weighted by Crippen LogP contribution is 2.32. The van der Waals surface area contributed by atoms with Gasteiger partial charge in [0.2, 0.25) is 0 Å². The summed E-state index contributed by atoms with van der Waals surface area (Å²) < 4.78 is 49.0. The predicted molar refractivity (Wildman–Crippen MR) is 83.1 cm³/mol. The Morgan fingerprint density at radius 3 is 2.40 bits per heavy atom. The van der Waals surface area contributed by atoms with Gasteiger partial charge in [0.25, 0.3) is 0 Å². The SMILES string of the molecule is CC(C)(OB(O)c1cnn(C2CNC2)c1)C(C)(C)OC(=O)C(F)(F)F. The van der Waals surface area contributed by atoms with Crippen molar-refractivity contribution in [1.29, 1.82) is 0 Å². The topological polar surface area (TPSA) is 85.6 Å². The maximum absolute atomic E-state index is 12.4. The standard InChI is InChI=1S/C14H21BF3N3O4/c1-12(2,24-11(22)14(16,17)18)13(3,4)25-15(23)9-5-20-21(8-9)10-6-19-7-10/h5,8,10,19,23H,6-7H2,1-4H3. The number of aromatic nitrogens is 2. The summed E-state index contributed by atoms with van der Waals surface area (Å²) in [5.41, 5.74) is -2.69. The summed E-state index contributed by atoms with van der Waals surface area (Å²) >= 11 is 0. The first-order valence-corrected chi connectivity index (χ1v) is 7.74. The lowest BCUT2D eigenvalue weighted by molar-refractivity contribution is -0.225. The highest BCUT2D eigenvalue weighted by molar-refractivity contribution is 6.59. The van der Waals surface area contributed by atoms with Gasteiger partial charge in [-0.05, 0) is 27.7 Å². The van der Waals surface area contributed by atoms with Crippen LogP contribution in [0.1, 0.15) is 33.7 Å². The monoisotopic (exact) mass is 363 g/mol. The zero-order valence-corrected chi connectivity index (χ0v) is 14.4. The Morgan fingerprint density at radius 1 is 1.32 bits per heavy atom. The van der Waals surface area contributed by atoms with Crippen LogP contribution in [0.25, 0.3) is 0 Å². The molecule has 1 aromatic rings. The van der Waals surface area contributed by atoms with Gasteiger partial charge in [0.1, 0.15) is 5.60 Å². The quantitative estimate of drug-likeness (QED) is 0.562. The van der Waals surface area contributed by atoms with E-state index in [-0.39, 0.29) is 6.04 Å². The van der Waals surface area contributed by atoms with Crippen molar-refractivity contribution < 1.29 is 32.4 Å². The van der Waals surface area contributed by atoms with Gasteiger partial charge in [-0.2, -0.15) is 18.3 Å². The first kappa shape index (κ1) is 19.7. The first-order valence-electron chi connectivity index (χ1n) is 7.74. The minimum Gasteiger partial charge on any atom is -0.450 e. The maximum Gasteiger partial charge on any atom is 0.494 e. The van der Waals surface area contributed by atoms with Crippen molar-refractivity contribution >= 4 is 18.6 Å². The van der Waals surface area contributed by atoms with Crippen LogP contribution in [-0.2, 0) is 14.2 Å². The summed E-state index contributed by atoms with van der Waals surface area (Å²) in [6, 6.07) is 0.193. The van der Waals surface area contributed by atoms with Crippen molar-refractivity contribution in [1.82, 2.24) is 15.1 Å². The van der Waals surface area contributed by atoms with Crippen LogP contribution in [-0.4, -0.2) is 58.4 Å². The van der Waals surface area contributed by atoms with Gasteiger partial charge in [-0.1, -0.05) is 0 Å². The van der Waals surface area contributed by atoms with E-state index in [0.717, 1.165) is 13.1 Å². The fraction of sp³-hybridized carbons (Fsp3) is 0.714. The number of carbonyl (C=O) groups excluding carboxylic acids is 1. The number of halogens is 3. The molecule has 1 fully saturated rings. The smallest absolute Gasteiger partial charge is 0.450 e. The van der Waals surface area contributed by atoms with Gasteiger partial charge in [0, 0.05) is 30.9 Å². The van der Waals surface area contributed by atoms with Crippen molar-refractivity contribution in [2.75, 3.05) is 13.1 Å². The molecule has 2 heterocycles. The second-order valence-electron chi connectivity index (χ2n) is 6.94. The van der Waals surface area contributed by atoms with Gasteiger partial charge in [0.05, 0.1) is 11.6 Å². The number of rotatable bonds is 6. The third-order valence-electron chi connectivity index (χ3n) is 4.48. The highest BCUT2D eigenvalue weighted by Gasteiger charge is 2.50. The van der Waals surface area contributed by atoms with Crippen LogP contribution in [0, 0.1) is 0 Å². The van der Waals surface area contributed by atoms with Crippen LogP contribution in [0.15, 0.2) is 12.4 Å². The summed E-state index contributed by atoms with van der Waals surface area (Å²) in [6.07, 6.45) is -2.07. The number of hydrogen-bond donors (Lipinski definition) is 2. The fourth-order valence-corrected chi connectivity index (χ4v) is 2.04. The highest BCUT2D eigenvalue weighted by atomic mass is 19.4. The first-order chi connectivity index (χ1) is 11.3. The minimum atomic E-state index is -5.11. The minimum absolute atomic E-state index is 0.193. The van der Waals surface area contributed by atoms with Gasteiger partial charge < -0.3 is 19.7 Å². The molecule has 0 unspecified atom stereocenters. The van der Waals surface area contributed by atoms with Crippen LogP contribution in [0.2, 0.25) is 0 Å². The Morgan fingerprint density at radius 2 is 1.92 bits per heavy atom. The van der Waals surface area contributed by atoms with Crippen molar-refractivity contribution in [3.8, 4) is 0 Å². The molecule has 1 aliphatic heterocycles. The van der Waals surface area contributed by atoms with E-state index in [0.29, 0.717) is 5.46 Å². The number of nitrogens with zero attached hydrogens (tertiary/aromatic N) is 2. The van der Waals surface area contributed by atoms with Gasteiger partial charge in [-0.15, -0.1) is 0 Å². The Labute approximate surface area is 143 Å². The molecule has 1 aliphatic rings. The number of nitrogens with one attached hydrogen (secondary N) is 1. The molecule has 0 aliphatic carbocycles. The van der Waals surface area contributed by atoms with E-state index >= 15 is 0 Å². The van der Waals surface area contributed by atoms with Gasteiger partial charge in [0.15, 0.2) is 0 Å². The van der Waals surface area contributed by atoms with Crippen LogP contribution < -0.4 is 10.8 Å². The number of ether oxygens (including phenoxy) is 1. The van der Waals surface area contributed by atoms with Crippen LogP contribution in [0.3, 0.4) is 0 Å². The van der Waals surface area contributed by atoms with E-state index in [9.17, 15) is 23.0 Å². The normalized spacial score (nSPS) is 16.5. The van der Waals surface area contributed by atoms with Crippen LogP contribution in [0.5, 0.6) is 0 Å². The molecule has 2 rings (SSSR count). The Hall–Kier alpha value is -1.59. The molecular formula is C14H21BF3N3O4. The molecule has 2 N–H and O–H groups in total. The van der Waals surface area contributed by atoms with Gasteiger partial charge in [-0.25, -0.2) is 4.79 Å². The van der Waals surface area contributed by atoms with Gasteiger partial charge >= 0.3 is 19.3 Å². The summed E-state index contributed by atoms with van der Waals surface area (Å²) in [4.78, 5) is 11.1. The zero-order valence-electron chi connectivity index (χ0n) is 14.4. The molecule has 7 nitrogen and oxygen atoms in total. The van der Waals surface area contributed by atoms with E-state index in [1.807, 2.05) is 0 Å². The van der Waals surface area contributed by atoms with Crippen molar-refractivity contribution in [2.45, 2.75) is 51.1 Å². The average molecular weight is 363 g/mol. The van der Waals surface area contributed by atoms with Crippen LogP contribution >= 0.6 is 0 Å². The number of hydrogen-bond acceptors (Lipinski definition) is 6. The second kappa shape index (κ2) is 6.62. The third-order valence-corrected chi connectivity index (χ3v) is 4.48. The number of alkyl halides is 3. The third kappa shape index (κ3) is 4.34. The van der Waals surface area contributed by atoms with E-state index in [1.54, 1.807) is 10.9 Å². The molecule has 0 atom stereocenters. The second-order valence-corrected chi connectivity index (χ2v) is 6.94. The van der Waals surface area contributed by atoms with E-state index in [2.05, 4.69) is 15.2 Å². The summed E-state index contributed by atoms with van der Waals surface area (Å²) in [6.45, 7) is 6.97. The lowest BCUT2D eigenvalue weighted by Crippen LogP contribution is -2.56. The molecule has 0 bridgehead atoms. The molecule has 1 saturated heterocycles. The molecule has 140 valence electrons. The van der Waals surface area contributed by atoms with E-state index in [4.69, 9.17) is 4.65 Å². The molecule has 11 heteroatoms. The molecule has 0 saturated carbocycles. The van der Waals surface area contributed by atoms with Crippen molar-refractivity contribution in [3.63, 3.8) is 0 Å². The molecule has 0 radical (unpaired) electrons. The van der Waals surface area contributed by atoms with Crippen molar-refractivity contribution in [2.24, 2.45) is 0 Å². The van der Waals surface area contributed by atoms with Gasteiger partial charge in [-0.3, -0.25) is 4.68 Å². The molecule has 25 heavy (non-hydrogen) atoms. The zero-order chi connectivity index (χ0) is 19.0. The maximum atomic E-state index is 12.4. The average Bonchev–Trinajstić information content (AvgIpc) is 2.83. The lowest BCUT2D eigenvalue weighted by Gasteiger charge is -2.41. The largest absolute Gasteiger partial charge is 0.494 e. The number of esters is 1. The molecule has 1 aromatic heterocycles. The van der Waals surface area contributed by atoms with Crippen molar-refractivity contribution in [3.05, 3.63) is 12.4 Å². The Kier molecular flexibility index (Phi) is 5.22. The Bertz CT molecular complexity index is 629. The number of carbonyl (C=O) groups is 1. The van der Waals surface area contributed by atoms with Crippen LogP contribution in [0.4, 0.5) is 13.2 Å². The molecule has 0 aromatic carbocycles. The predicted octanol–water partition coefficient (Wildman–Crippen LogP) is 0.394. The van der Waals surface area contributed by atoms with E-state index in [1.165, 1.54) is 33.9 Å².